The van der Waals surface area contributed by atoms with Crippen molar-refractivity contribution in [3.63, 3.8) is 0 Å². The van der Waals surface area contributed by atoms with Crippen molar-refractivity contribution in [3.05, 3.63) is 26.9 Å². The second-order valence-electron chi connectivity index (χ2n) is 2.06. The first kappa shape index (κ1) is 9.73. The molecule has 0 amide bonds. The van der Waals surface area contributed by atoms with E-state index in [1.807, 2.05) is 0 Å². The molecule has 1 nitrogen and oxygen atoms in total. The van der Waals surface area contributed by atoms with E-state index in [-0.39, 0.29) is 4.51 Å². The van der Waals surface area contributed by atoms with Crippen LogP contribution in [0, 0.1) is 4.51 Å². The van der Waals surface area contributed by atoms with Crippen LogP contribution in [0.4, 0.5) is 13.2 Å². The van der Waals surface area contributed by atoms with Crippen LogP contribution in [-0.2, 0) is 6.18 Å². The molecule has 0 unspecified atom stereocenters. The number of halogens is 4. The Morgan fingerprint density at radius 1 is 1.42 bits per heavy atom. The van der Waals surface area contributed by atoms with Gasteiger partial charge in [-0.1, -0.05) is 12.2 Å². The van der Waals surface area contributed by atoms with Gasteiger partial charge in [0.15, 0.2) is 0 Å². The van der Waals surface area contributed by atoms with Crippen molar-refractivity contribution in [2.24, 2.45) is 0 Å². The molecule has 1 heterocycles. The SMILES string of the molecule is FC(F)(F)c1cc(=S)c(Br)c[nH]1. The van der Waals surface area contributed by atoms with Crippen LogP contribution in [0.25, 0.3) is 0 Å². The molecule has 0 aliphatic heterocycles. The summed E-state index contributed by atoms with van der Waals surface area (Å²) < 4.78 is 36.6. The molecular formula is C6H3BrF3NS. The fourth-order valence-electron chi connectivity index (χ4n) is 0.618. The molecule has 0 atom stereocenters. The van der Waals surface area contributed by atoms with Gasteiger partial charge in [0, 0.05) is 6.20 Å². The van der Waals surface area contributed by atoms with Crippen LogP contribution in [-0.4, -0.2) is 4.98 Å². The van der Waals surface area contributed by atoms with Crippen molar-refractivity contribution < 1.29 is 13.2 Å². The first-order chi connectivity index (χ1) is 5.41. The first-order valence-electron chi connectivity index (χ1n) is 2.86. The van der Waals surface area contributed by atoms with Gasteiger partial charge in [0.05, 0.1) is 8.98 Å². The third-order valence-corrected chi connectivity index (χ3v) is 2.43. The number of alkyl halides is 3. The molecule has 0 aliphatic carbocycles. The van der Waals surface area contributed by atoms with Crippen molar-refractivity contribution >= 4 is 28.1 Å². The van der Waals surface area contributed by atoms with E-state index in [9.17, 15) is 13.2 Å². The van der Waals surface area contributed by atoms with Crippen LogP contribution in [0.1, 0.15) is 5.69 Å². The lowest BCUT2D eigenvalue weighted by molar-refractivity contribution is -0.141. The van der Waals surface area contributed by atoms with Crippen LogP contribution in [0.3, 0.4) is 0 Å². The molecule has 0 saturated heterocycles. The zero-order chi connectivity index (χ0) is 9.35. The Kier molecular flexibility index (Phi) is 2.58. The highest BCUT2D eigenvalue weighted by Crippen LogP contribution is 2.28. The largest absolute Gasteiger partial charge is 0.431 e. The lowest BCUT2D eigenvalue weighted by atomic mass is 10.3. The van der Waals surface area contributed by atoms with Crippen molar-refractivity contribution in [2.45, 2.75) is 6.18 Å². The van der Waals surface area contributed by atoms with E-state index in [1.165, 1.54) is 6.20 Å². The molecule has 0 spiro atoms. The topological polar surface area (TPSA) is 15.8 Å². The van der Waals surface area contributed by atoms with Crippen molar-refractivity contribution in [2.75, 3.05) is 0 Å². The predicted molar refractivity (Wildman–Crippen MR) is 44.3 cm³/mol. The number of aromatic amines is 1. The zero-order valence-corrected chi connectivity index (χ0v) is 7.98. The minimum absolute atomic E-state index is 0.140. The Morgan fingerprint density at radius 2 is 2.00 bits per heavy atom. The van der Waals surface area contributed by atoms with Gasteiger partial charge in [-0.25, -0.2) is 0 Å². The van der Waals surface area contributed by atoms with Gasteiger partial charge in [0.2, 0.25) is 0 Å². The van der Waals surface area contributed by atoms with Crippen LogP contribution in [0.5, 0.6) is 0 Å². The highest BCUT2D eigenvalue weighted by Gasteiger charge is 2.31. The number of hydrogen-bond donors (Lipinski definition) is 1. The maximum Gasteiger partial charge on any atom is 0.431 e. The normalized spacial score (nSPS) is 11.7. The number of H-pyrrole nitrogens is 1. The molecule has 0 saturated carbocycles. The van der Waals surface area contributed by atoms with E-state index in [4.69, 9.17) is 0 Å². The molecule has 6 heteroatoms. The van der Waals surface area contributed by atoms with Crippen LogP contribution in [0.15, 0.2) is 16.7 Å². The summed E-state index contributed by atoms with van der Waals surface area (Å²) in [6.45, 7) is 0. The second kappa shape index (κ2) is 3.18. The number of pyridine rings is 1. The summed E-state index contributed by atoms with van der Waals surface area (Å²) in [7, 11) is 0. The minimum atomic E-state index is -4.37. The molecule has 0 aliphatic rings. The fraction of sp³-hybridized carbons (Fsp3) is 0.167. The van der Waals surface area contributed by atoms with Gasteiger partial charge in [-0.2, -0.15) is 13.2 Å². The molecule has 1 rings (SSSR count). The highest BCUT2D eigenvalue weighted by atomic mass is 79.9. The van der Waals surface area contributed by atoms with E-state index in [0.29, 0.717) is 4.47 Å². The van der Waals surface area contributed by atoms with Gasteiger partial charge in [-0.15, -0.1) is 0 Å². The van der Waals surface area contributed by atoms with Crippen LogP contribution in [0.2, 0.25) is 0 Å². The predicted octanol–water partition coefficient (Wildman–Crippen LogP) is 3.53. The van der Waals surface area contributed by atoms with E-state index in [1.54, 1.807) is 0 Å². The van der Waals surface area contributed by atoms with Crippen LogP contribution >= 0.6 is 28.1 Å². The average molecular weight is 258 g/mol. The third kappa shape index (κ3) is 2.07. The van der Waals surface area contributed by atoms with Crippen LogP contribution < -0.4 is 0 Å². The van der Waals surface area contributed by atoms with Crippen molar-refractivity contribution in [1.29, 1.82) is 0 Å². The van der Waals surface area contributed by atoms with E-state index >= 15 is 0 Å². The molecule has 12 heavy (non-hydrogen) atoms. The van der Waals surface area contributed by atoms with Crippen molar-refractivity contribution in [3.8, 4) is 0 Å². The average Bonchev–Trinajstić information content (AvgIpc) is 1.92. The molecule has 0 aromatic carbocycles. The van der Waals surface area contributed by atoms with E-state index in [2.05, 4.69) is 33.1 Å². The maximum atomic E-state index is 12.0. The number of nitrogens with one attached hydrogen (secondary N) is 1. The number of aromatic nitrogens is 1. The Bertz CT molecular complexity index is 343. The molecule has 0 fully saturated rings. The molecule has 0 bridgehead atoms. The fourth-order valence-corrected chi connectivity index (χ4v) is 1.02. The molecular weight excluding hydrogens is 255 g/mol. The highest BCUT2D eigenvalue weighted by molar-refractivity contribution is 9.10. The monoisotopic (exact) mass is 257 g/mol. The summed E-state index contributed by atoms with van der Waals surface area (Å²) >= 11 is 7.64. The lowest BCUT2D eigenvalue weighted by Gasteiger charge is -2.05. The van der Waals surface area contributed by atoms with E-state index < -0.39 is 11.9 Å². The number of hydrogen-bond acceptors (Lipinski definition) is 1. The Balaban J connectivity index is 3.23. The molecule has 1 aromatic heterocycles. The maximum absolute atomic E-state index is 12.0. The number of rotatable bonds is 0. The van der Waals surface area contributed by atoms with Gasteiger partial charge in [0.1, 0.15) is 5.69 Å². The lowest BCUT2D eigenvalue weighted by Crippen LogP contribution is -2.07. The van der Waals surface area contributed by atoms with Gasteiger partial charge in [0.25, 0.3) is 0 Å². The Hall–Kier alpha value is -0.360. The summed E-state index contributed by atoms with van der Waals surface area (Å²) in [5.41, 5.74) is -0.837. The Morgan fingerprint density at radius 3 is 2.42 bits per heavy atom. The van der Waals surface area contributed by atoms with Crippen molar-refractivity contribution in [1.82, 2.24) is 4.98 Å². The first-order valence-corrected chi connectivity index (χ1v) is 4.07. The minimum Gasteiger partial charge on any atom is -0.357 e. The van der Waals surface area contributed by atoms with E-state index in [0.717, 1.165) is 6.07 Å². The third-order valence-electron chi connectivity index (χ3n) is 1.17. The van der Waals surface area contributed by atoms with Gasteiger partial charge in [-0.05, 0) is 22.0 Å². The molecule has 0 radical (unpaired) electrons. The summed E-state index contributed by atoms with van der Waals surface area (Å²) in [5, 5.41) is 0. The summed E-state index contributed by atoms with van der Waals surface area (Å²) in [6.07, 6.45) is -3.20. The smallest absolute Gasteiger partial charge is 0.357 e. The second-order valence-corrected chi connectivity index (χ2v) is 3.35. The standard InChI is InChI=1S/C6H3BrF3NS/c7-3-2-11-5(1-4(3)12)6(8,9)10/h1-2H,(H,11,12). The van der Waals surface area contributed by atoms with Gasteiger partial charge >= 0.3 is 6.18 Å². The molecule has 1 N–H and O–H groups in total. The zero-order valence-electron chi connectivity index (χ0n) is 5.57. The Labute approximate surface area is 79.7 Å². The summed E-state index contributed by atoms with van der Waals surface area (Å²) in [6, 6.07) is 0.874. The van der Waals surface area contributed by atoms with Gasteiger partial charge in [-0.3, -0.25) is 0 Å². The quantitative estimate of drug-likeness (QED) is 0.704. The summed E-state index contributed by atoms with van der Waals surface area (Å²) in [5.74, 6) is 0. The summed E-state index contributed by atoms with van der Waals surface area (Å²) in [4.78, 5) is 2.08. The van der Waals surface area contributed by atoms with Gasteiger partial charge < -0.3 is 4.98 Å². The molecule has 1 aromatic rings. The molecule has 66 valence electrons.